The van der Waals surface area contributed by atoms with Crippen molar-refractivity contribution in [2.75, 3.05) is 11.9 Å². The van der Waals surface area contributed by atoms with Gasteiger partial charge in [0.05, 0.1) is 12.1 Å². The maximum absolute atomic E-state index is 13.8. The molecule has 0 fully saturated rings. The van der Waals surface area contributed by atoms with Gasteiger partial charge < -0.3 is 10.4 Å². The second-order valence-electron chi connectivity index (χ2n) is 5.46. The monoisotopic (exact) mass is 362 g/mol. The zero-order valence-corrected chi connectivity index (χ0v) is 14.2. The molecule has 0 amide bonds. The van der Waals surface area contributed by atoms with Gasteiger partial charge in [-0.15, -0.1) is 0 Å². The second-order valence-corrected chi connectivity index (χ2v) is 6.40. The summed E-state index contributed by atoms with van der Waals surface area (Å²) >= 11 is 1.20. The molecule has 0 saturated heterocycles. The predicted molar refractivity (Wildman–Crippen MR) is 93.4 cm³/mol. The van der Waals surface area contributed by atoms with Gasteiger partial charge in [0.15, 0.2) is 22.6 Å². The number of fused-ring (bicyclic) bond motifs is 1. The molecule has 2 N–H and O–H groups in total. The molecule has 25 heavy (non-hydrogen) atoms. The number of halogens is 2. The zero-order chi connectivity index (χ0) is 17.8. The number of hydrogen-bond donors (Lipinski definition) is 2. The van der Waals surface area contributed by atoms with Crippen LogP contribution in [0.1, 0.15) is 12.5 Å². The van der Waals surface area contributed by atoms with Crippen molar-refractivity contribution < 1.29 is 13.9 Å². The zero-order valence-electron chi connectivity index (χ0n) is 13.4. The van der Waals surface area contributed by atoms with Gasteiger partial charge in [-0.05, 0) is 25.1 Å². The predicted octanol–water partition coefficient (Wildman–Crippen LogP) is 3.39. The minimum atomic E-state index is -0.874. The summed E-state index contributed by atoms with van der Waals surface area (Å²) < 4.78 is 27.1. The van der Waals surface area contributed by atoms with Crippen molar-refractivity contribution in [2.45, 2.75) is 23.9 Å². The molecule has 2 aromatic heterocycles. The highest BCUT2D eigenvalue weighted by molar-refractivity contribution is 7.98. The highest BCUT2D eigenvalue weighted by atomic mass is 32.2. The number of rotatable bonds is 6. The largest absolute Gasteiger partial charge is 0.394 e. The van der Waals surface area contributed by atoms with E-state index in [1.54, 1.807) is 18.3 Å². The van der Waals surface area contributed by atoms with Crippen LogP contribution in [0.2, 0.25) is 0 Å². The molecule has 2 heterocycles. The first-order valence-electron chi connectivity index (χ1n) is 7.64. The number of nitrogens with zero attached hydrogens (tertiary/aromatic N) is 3. The van der Waals surface area contributed by atoms with Gasteiger partial charge in [-0.3, -0.25) is 4.98 Å². The summed E-state index contributed by atoms with van der Waals surface area (Å²) in [6.45, 7) is 1.75. The number of hydrogen-bond acceptors (Lipinski definition) is 6. The number of thioether (sulfide) groups is 1. The molecule has 0 aliphatic carbocycles. The fourth-order valence-corrected chi connectivity index (χ4v) is 3.02. The Labute approximate surface area is 147 Å². The summed E-state index contributed by atoms with van der Waals surface area (Å²) in [5.41, 5.74) is 1.47. The first-order valence-corrected chi connectivity index (χ1v) is 8.63. The SMILES string of the molecule is C[C@H](CO)Nc1nc(SCc2cccc(F)c2F)nc2cccnc12. The van der Waals surface area contributed by atoms with Gasteiger partial charge in [-0.1, -0.05) is 23.9 Å². The molecule has 0 aliphatic rings. The number of aliphatic hydroxyl groups is 1. The molecule has 3 aromatic rings. The van der Waals surface area contributed by atoms with E-state index in [9.17, 15) is 13.9 Å². The van der Waals surface area contributed by atoms with Crippen LogP contribution >= 0.6 is 11.8 Å². The van der Waals surface area contributed by atoms with Crippen molar-refractivity contribution in [3.63, 3.8) is 0 Å². The third kappa shape index (κ3) is 4.02. The van der Waals surface area contributed by atoms with Gasteiger partial charge in [0.25, 0.3) is 0 Å². The lowest BCUT2D eigenvalue weighted by atomic mass is 10.2. The number of nitrogens with one attached hydrogen (secondary N) is 1. The summed E-state index contributed by atoms with van der Waals surface area (Å²) in [6, 6.07) is 7.43. The van der Waals surface area contributed by atoms with E-state index in [1.165, 1.54) is 23.9 Å². The van der Waals surface area contributed by atoms with Crippen LogP contribution in [0.4, 0.5) is 14.6 Å². The first kappa shape index (κ1) is 17.5. The van der Waals surface area contributed by atoms with Crippen molar-refractivity contribution in [1.82, 2.24) is 15.0 Å². The molecule has 130 valence electrons. The molecular formula is C17H16F2N4OS. The standard InChI is InChI=1S/C17H16F2N4OS/c1-10(8-24)21-16-15-13(6-3-7-20-15)22-17(23-16)25-9-11-4-2-5-12(18)14(11)19/h2-7,10,24H,8-9H2,1H3,(H,21,22,23)/t10-/m1/s1. The summed E-state index contributed by atoms with van der Waals surface area (Å²) in [5.74, 6) is -1.04. The lowest BCUT2D eigenvalue weighted by Gasteiger charge is -2.14. The molecule has 3 rings (SSSR count). The highest BCUT2D eigenvalue weighted by Gasteiger charge is 2.13. The van der Waals surface area contributed by atoms with Gasteiger partial charge in [-0.2, -0.15) is 0 Å². The Balaban J connectivity index is 1.89. The summed E-state index contributed by atoms with van der Waals surface area (Å²) in [6.07, 6.45) is 1.63. The first-order chi connectivity index (χ1) is 12.1. The minimum absolute atomic E-state index is 0.0602. The third-order valence-corrected chi connectivity index (χ3v) is 4.38. The third-order valence-electron chi connectivity index (χ3n) is 3.48. The summed E-state index contributed by atoms with van der Waals surface area (Å²) in [4.78, 5) is 13.1. The lowest BCUT2D eigenvalue weighted by Crippen LogP contribution is -2.20. The molecule has 0 unspecified atom stereocenters. The van der Waals surface area contributed by atoms with Crippen LogP contribution in [0.15, 0.2) is 41.7 Å². The smallest absolute Gasteiger partial charge is 0.190 e. The number of benzene rings is 1. The second kappa shape index (κ2) is 7.71. The van der Waals surface area contributed by atoms with Crippen molar-refractivity contribution in [1.29, 1.82) is 0 Å². The molecule has 5 nitrogen and oxygen atoms in total. The van der Waals surface area contributed by atoms with Crippen molar-refractivity contribution in [2.24, 2.45) is 0 Å². The molecule has 0 bridgehead atoms. The van der Waals surface area contributed by atoms with Crippen LogP contribution in [0.25, 0.3) is 11.0 Å². The van der Waals surface area contributed by atoms with Crippen LogP contribution in [-0.2, 0) is 5.75 Å². The van der Waals surface area contributed by atoms with E-state index in [-0.39, 0.29) is 24.0 Å². The molecule has 0 radical (unpaired) electrons. The number of aliphatic hydroxyl groups excluding tert-OH is 1. The fourth-order valence-electron chi connectivity index (χ4n) is 2.19. The summed E-state index contributed by atoms with van der Waals surface area (Å²) in [7, 11) is 0. The summed E-state index contributed by atoms with van der Waals surface area (Å²) in [5, 5.41) is 12.7. The molecule has 0 aliphatic heterocycles. The molecular weight excluding hydrogens is 346 g/mol. The fraction of sp³-hybridized carbons (Fsp3) is 0.235. The Hall–Kier alpha value is -2.32. The van der Waals surface area contributed by atoms with E-state index in [4.69, 9.17) is 0 Å². The van der Waals surface area contributed by atoms with Gasteiger partial charge >= 0.3 is 0 Å². The number of aromatic nitrogens is 3. The van der Waals surface area contributed by atoms with E-state index in [2.05, 4.69) is 20.3 Å². The van der Waals surface area contributed by atoms with Gasteiger partial charge in [-0.25, -0.2) is 18.7 Å². The normalized spacial score (nSPS) is 12.3. The average molecular weight is 362 g/mol. The van der Waals surface area contributed by atoms with E-state index in [1.807, 2.05) is 6.92 Å². The Bertz CT molecular complexity index is 894. The molecule has 8 heteroatoms. The maximum atomic E-state index is 13.8. The van der Waals surface area contributed by atoms with Crippen molar-refractivity contribution >= 4 is 28.6 Å². The molecule has 1 aromatic carbocycles. The van der Waals surface area contributed by atoms with Gasteiger partial charge in [0, 0.05) is 23.6 Å². The number of pyridine rings is 1. The Morgan fingerprint density at radius 3 is 2.84 bits per heavy atom. The van der Waals surface area contributed by atoms with Gasteiger partial charge in [0.1, 0.15) is 5.52 Å². The Morgan fingerprint density at radius 1 is 1.20 bits per heavy atom. The van der Waals surface area contributed by atoms with E-state index >= 15 is 0 Å². The van der Waals surface area contributed by atoms with Crippen LogP contribution in [0.3, 0.4) is 0 Å². The average Bonchev–Trinajstić information content (AvgIpc) is 2.63. The molecule has 1 atom stereocenters. The minimum Gasteiger partial charge on any atom is -0.394 e. The molecule has 0 spiro atoms. The van der Waals surface area contributed by atoms with Crippen LogP contribution in [-0.4, -0.2) is 32.7 Å². The quantitative estimate of drug-likeness (QED) is 0.517. The van der Waals surface area contributed by atoms with Crippen molar-refractivity contribution in [3.8, 4) is 0 Å². The van der Waals surface area contributed by atoms with Gasteiger partial charge in [0.2, 0.25) is 0 Å². The van der Waals surface area contributed by atoms with E-state index in [0.29, 0.717) is 22.0 Å². The van der Waals surface area contributed by atoms with Crippen molar-refractivity contribution in [3.05, 3.63) is 53.7 Å². The molecule has 0 saturated carbocycles. The van der Waals surface area contributed by atoms with Crippen LogP contribution in [0, 0.1) is 11.6 Å². The van der Waals surface area contributed by atoms with E-state index in [0.717, 1.165) is 6.07 Å². The highest BCUT2D eigenvalue weighted by Crippen LogP contribution is 2.26. The number of anilines is 1. The maximum Gasteiger partial charge on any atom is 0.190 e. The van der Waals surface area contributed by atoms with Crippen LogP contribution in [0.5, 0.6) is 0 Å². The Morgan fingerprint density at radius 2 is 2.04 bits per heavy atom. The Kier molecular flexibility index (Phi) is 5.40. The van der Waals surface area contributed by atoms with E-state index < -0.39 is 11.6 Å². The topological polar surface area (TPSA) is 70.9 Å². The lowest BCUT2D eigenvalue weighted by molar-refractivity contribution is 0.281. The van der Waals surface area contributed by atoms with Crippen LogP contribution < -0.4 is 5.32 Å².